The van der Waals surface area contributed by atoms with E-state index in [0.29, 0.717) is 17.0 Å². The Labute approximate surface area is 124 Å². The molecule has 0 aliphatic rings. The van der Waals surface area contributed by atoms with E-state index < -0.39 is 5.97 Å². The van der Waals surface area contributed by atoms with Crippen LogP contribution in [0.3, 0.4) is 0 Å². The molecule has 0 spiro atoms. The molecule has 0 saturated heterocycles. The van der Waals surface area contributed by atoms with Gasteiger partial charge in [0.05, 0.1) is 17.6 Å². The van der Waals surface area contributed by atoms with Gasteiger partial charge >= 0.3 is 5.97 Å². The number of benzene rings is 1. The lowest BCUT2D eigenvalue weighted by molar-refractivity contribution is 0.0699. The Hall–Kier alpha value is -2.60. The summed E-state index contributed by atoms with van der Waals surface area (Å²) in [5.41, 5.74) is 0.931. The van der Waals surface area contributed by atoms with Crippen LogP contribution >= 0.6 is 11.3 Å². The zero-order chi connectivity index (χ0) is 14.8. The third-order valence-electron chi connectivity index (χ3n) is 2.92. The highest BCUT2D eigenvalue weighted by molar-refractivity contribution is 7.11. The minimum atomic E-state index is -1.02. The average Bonchev–Trinajstić information content (AvgIpc) is 3.09. The Morgan fingerprint density at radius 1 is 1.38 bits per heavy atom. The van der Waals surface area contributed by atoms with E-state index in [0.717, 1.165) is 10.6 Å². The molecular formula is C15H11NO4S. The number of rotatable bonds is 4. The molecular weight excluding hydrogens is 290 g/mol. The molecule has 0 bridgehead atoms. The number of nitrogens with zero attached hydrogens (tertiary/aromatic N) is 1. The number of hydrogen-bond acceptors (Lipinski definition) is 5. The molecule has 1 N–H and O–H groups in total. The molecule has 0 amide bonds. The first kappa shape index (κ1) is 13.4. The summed E-state index contributed by atoms with van der Waals surface area (Å²) in [7, 11) is 1.61. The van der Waals surface area contributed by atoms with Gasteiger partial charge in [-0.25, -0.2) is 9.78 Å². The minimum Gasteiger partial charge on any atom is -0.495 e. The molecule has 0 aliphatic heterocycles. The standard InChI is InChI=1S/C15H11NO4S/c1-19-10-7-8-21-12(10)5-6-13-16-14-9(15(17)18)3-2-4-11(14)20-13/h2-8H,1H3,(H,17,18)/b6-5+. The molecule has 106 valence electrons. The number of ether oxygens (including phenoxy) is 1. The lowest BCUT2D eigenvalue weighted by atomic mass is 10.2. The monoisotopic (exact) mass is 301 g/mol. The van der Waals surface area contributed by atoms with Gasteiger partial charge in [-0.15, -0.1) is 11.3 Å². The lowest BCUT2D eigenvalue weighted by Crippen LogP contribution is -1.96. The smallest absolute Gasteiger partial charge is 0.338 e. The summed E-state index contributed by atoms with van der Waals surface area (Å²) >= 11 is 1.53. The average molecular weight is 301 g/mol. The molecule has 0 aliphatic carbocycles. The van der Waals surface area contributed by atoms with Crippen LogP contribution in [-0.2, 0) is 0 Å². The van der Waals surface area contributed by atoms with Crippen molar-refractivity contribution in [3.05, 3.63) is 46.0 Å². The van der Waals surface area contributed by atoms with E-state index in [9.17, 15) is 4.79 Å². The predicted octanol–water partition coefficient (Wildman–Crippen LogP) is 3.77. The van der Waals surface area contributed by atoms with Gasteiger partial charge in [-0.2, -0.15) is 0 Å². The second-order valence-electron chi connectivity index (χ2n) is 4.20. The Balaban J connectivity index is 1.98. The highest BCUT2D eigenvalue weighted by atomic mass is 32.1. The fourth-order valence-corrected chi connectivity index (χ4v) is 2.71. The molecule has 0 fully saturated rings. The summed E-state index contributed by atoms with van der Waals surface area (Å²) in [6, 6.07) is 6.70. The van der Waals surface area contributed by atoms with E-state index in [1.54, 1.807) is 25.3 Å². The number of aromatic nitrogens is 1. The lowest BCUT2D eigenvalue weighted by Gasteiger charge is -1.95. The van der Waals surface area contributed by atoms with Gasteiger partial charge in [0, 0.05) is 6.08 Å². The van der Waals surface area contributed by atoms with Crippen molar-refractivity contribution in [2.24, 2.45) is 0 Å². The SMILES string of the molecule is COc1ccsc1/C=C/c1nc2c(C(=O)O)cccc2o1. The number of thiophene rings is 1. The predicted molar refractivity (Wildman–Crippen MR) is 80.8 cm³/mol. The number of methoxy groups -OCH3 is 1. The summed E-state index contributed by atoms with van der Waals surface area (Å²) in [4.78, 5) is 16.3. The first-order valence-electron chi connectivity index (χ1n) is 6.11. The first-order chi connectivity index (χ1) is 10.2. The van der Waals surface area contributed by atoms with Gasteiger partial charge in [-0.05, 0) is 29.7 Å². The van der Waals surface area contributed by atoms with E-state index >= 15 is 0 Å². The number of hydrogen-bond donors (Lipinski definition) is 1. The Kier molecular flexibility index (Phi) is 3.45. The minimum absolute atomic E-state index is 0.129. The molecule has 0 saturated carbocycles. The van der Waals surface area contributed by atoms with Crippen molar-refractivity contribution in [3.63, 3.8) is 0 Å². The largest absolute Gasteiger partial charge is 0.495 e. The van der Waals surface area contributed by atoms with Gasteiger partial charge < -0.3 is 14.3 Å². The molecule has 0 radical (unpaired) electrons. The summed E-state index contributed by atoms with van der Waals surface area (Å²) in [6.45, 7) is 0. The quantitative estimate of drug-likeness (QED) is 0.794. The third-order valence-corrected chi connectivity index (χ3v) is 3.78. The van der Waals surface area contributed by atoms with Crippen LogP contribution in [0.25, 0.3) is 23.3 Å². The van der Waals surface area contributed by atoms with Crippen LogP contribution in [0.2, 0.25) is 0 Å². The molecule has 5 nitrogen and oxygen atoms in total. The number of carboxylic acid groups (broad SMARTS) is 1. The Morgan fingerprint density at radius 2 is 2.24 bits per heavy atom. The van der Waals surface area contributed by atoms with Crippen molar-refractivity contribution in [2.45, 2.75) is 0 Å². The van der Waals surface area contributed by atoms with Gasteiger partial charge in [0.2, 0.25) is 5.89 Å². The van der Waals surface area contributed by atoms with E-state index in [1.807, 2.05) is 17.5 Å². The van der Waals surface area contributed by atoms with Gasteiger partial charge in [0.1, 0.15) is 11.3 Å². The molecule has 21 heavy (non-hydrogen) atoms. The summed E-state index contributed by atoms with van der Waals surface area (Å²) in [6.07, 6.45) is 3.52. The van der Waals surface area contributed by atoms with Crippen LogP contribution in [0, 0.1) is 0 Å². The van der Waals surface area contributed by atoms with Crippen molar-refractivity contribution >= 4 is 40.6 Å². The Morgan fingerprint density at radius 3 is 3.00 bits per heavy atom. The van der Waals surface area contributed by atoms with Gasteiger partial charge in [-0.3, -0.25) is 0 Å². The van der Waals surface area contributed by atoms with E-state index in [4.69, 9.17) is 14.3 Å². The fourth-order valence-electron chi connectivity index (χ4n) is 1.96. The number of oxazole rings is 1. The maximum absolute atomic E-state index is 11.1. The number of para-hydroxylation sites is 1. The maximum Gasteiger partial charge on any atom is 0.338 e. The summed E-state index contributed by atoms with van der Waals surface area (Å²) < 4.78 is 10.7. The van der Waals surface area contributed by atoms with Gasteiger partial charge in [-0.1, -0.05) is 6.07 Å². The number of fused-ring (bicyclic) bond motifs is 1. The third kappa shape index (κ3) is 2.53. The van der Waals surface area contributed by atoms with Gasteiger partial charge in [0.25, 0.3) is 0 Å². The molecule has 2 aromatic heterocycles. The van der Waals surface area contributed by atoms with Crippen molar-refractivity contribution in [2.75, 3.05) is 7.11 Å². The molecule has 1 aromatic carbocycles. The van der Waals surface area contributed by atoms with Crippen LogP contribution in [0.4, 0.5) is 0 Å². The van der Waals surface area contributed by atoms with Crippen molar-refractivity contribution in [1.82, 2.24) is 4.98 Å². The van der Waals surface area contributed by atoms with E-state index in [-0.39, 0.29) is 5.56 Å². The fraction of sp³-hybridized carbons (Fsp3) is 0.0667. The van der Waals surface area contributed by atoms with E-state index in [1.165, 1.54) is 17.4 Å². The zero-order valence-corrected chi connectivity index (χ0v) is 11.9. The second kappa shape index (κ2) is 5.41. The van der Waals surface area contributed by atoms with E-state index in [2.05, 4.69) is 4.98 Å². The second-order valence-corrected chi connectivity index (χ2v) is 5.14. The molecule has 6 heteroatoms. The summed E-state index contributed by atoms with van der Waals surface area (Å²) in [5, 5.41) is 11.0. The van der Waals surface area contributed by atoms with Crippen LogP contribution < -0.4 is 4.74 Å². The normalized spacial score (nSPS) is 11.3. The van der Waals surface area contributed by atoms with Gasteiger partial charge in [0.15, 0.2) is 5.58 Å². The summed E-state index contributed by atoms with van der Waals surface area (Å²) in [5.74, 6) is 0.108. The Bertz CT molecular complexity index is 831. The highest BCUT2D eigenvalue weighted by Gasteiger charge is 2.13. The molecule has 3 rings (SSSR count). The van der Waals surface area contributed by atoms with Crippen molar-refractivity contribution in [3.8, 4) is 5.75 Å². The van der Waals surface area contributed by atoms with Crippen LogP contribution in [0.5, 0.6) is 5.75 Å². The molecule has 3 aromatic rings. The molecule has 0 unspecified atom stereocenters. The zero-order valence-electron chi connectivity index (χ0n) is 11.1. The van der Waals surface area contributed by atoms with Crippen LogP contribution in [0.1, 0.15) is 21.1 Å². The number of carboxylic acids is 1. The van der Waals surface area contributed by atoms with Crippen LogP contribution in [0.15, 0.2) is 34.1 Å². The van der Waals surface area contributed by atoms with Crippen LogP contribution in [-0.4, -0.2) is 23.2 Å². The molecule has 2 heterocycles. The van der Waals surface area contributed by atoms with Crippen molar-refractivity contribution < 1.29 is 19.1 Å². The topological polar surface area (TPSA) is 72.6 Å². The first-order valence-corrected chi connectivity index (χ1v) is 6.99. The van der Waals surface area contributed by atoms with Crippen molar-refractivity contribution in [1.29, 1.82) is 0 Å². The molecule has 0 atom stereocenters. The number of aromatic carboxylic acids is 1. The number of carbonyl (C=O) groups is 1. The highest BCUT2D eigenvalue weighted by Crippen LogP contribution is 2.27. The maximum atomic E-state index is 11.1.